The highest BCUT2D eigenvalue weighted by Crippen LogP contribution is 2.58. The number of hydrogen-bond acceptors (Lipinski definition) is 4. The maximum atomic E-state index is 12.8. The summed E-state index contributed by atoms with van der Waals surface area (Å²) in [4.78, 5) is 34.3. The van der Waals surface area contributed by atoms with Gasteiger partial charge in [-0.2, -0.15) is 0 Å². The zero-order valence-electron chi connectivity index (χ0n) is 15.8. The number of amides is 2. The van der Waals surface area contributed by atoms with E-state index in [1.165, 1.54) is 19.3 Å². The summed E-state index contributed by atoms with van der Waals surface area (Å²) in [5.74, 6) is -0.566. The molecule has 2 fully saturated rings. The Morgan fingerprint density at radius 1 is 1.18 bits per heavy atom. The van der Waals surface area contributed by atoms with Gasteiger partial charge in [-0.15, -0.1) is 0 Å². The van der Waals surface area contributed by atoms with Gasteiger partial charge in [0.25, 0.3) is 5.91 Å². The van der Waals surface area contributed by atoms with E-state index in [0.717, 1.165) is 24.2 Å². The van der Waals surface area contributed by atoms with Crippen LogP contribution in [0.4, 0.5) is 0 Å². The highest BCUT2D eigenvalue weighted by molar-refractivity contribution is 6.08. The van der Waals surface area contributed by atoms with Crippen molar-refractivity contribution in [1.29, 1.82) is 0 Å². The standard InChI is InChI=1S/C22H22N4O2/c1-14-11-18(17-5-2-3-9-23-17)24-19-16(6-10-26(14)19)21(28)25-20(27)15-12-22(13-15)7-4-8-22/h2-3,5-6,9-11,15H,4,7-8,12-13H2,1H3,(H,25,27,28). The Bertz CT molecular complexity index is 1070. The Morgan fingerprint density at radius 3 is 2.68 bits per heavy atom. The second-order valence-corrected chi connectivity index (χ2v) is 8.20. The van der Waals surface area contributed by atoms with E-state index in [2.05, 4.69) is 15.3 Å². The molecule has 6 heteroatoms. The van der Waals surface area contributed by atoms with Crippen molar-refractivity contribution in [2.75, 3.05) is 0 Å². The fourth-order valence-corrected chi connectivity index (χ4v) is 4.60. The van der Waals surface area contributed by atoms with Crippen LogP contribution < -0.4 is 5.32 Å². The molecule has 2 saturated carbocycles. The van der Waals surface area contributed by atoms with Gasteiger partial charge in [0.1, 0.15) is 0 Å². The summed E-state index contributed by atoms with van der Waals surface area (Å²) in [5.41, 5.74) is 3.75. The first-order valence-corrected chi connectivity index (χ1v) is 9.80. The average Bonchev–Trinajstić information content (AvgIpc) is 3.04. The van der Waals surface area contributed by atoms with Crippen LogP contribution in [0, 0.1) is 18.3 Å². The van der Waals surface area contributed by atoms with Gasteiger partial charge in [-0.1, -0.05) is 12.5 Å². The van der Waals surface area contributed by atoms with Crippen LogP contribution in [-0.2, 0) is 4.79 Å². The zero-order valence-corrected chi connectivity index (χ0v) is 15.8. The lowest BCUT2D eigenvalue weighted by Gasteiger charge is -2.53. The average molecular weight is 374 g/mol. The molecule has 0 aliphatic heterocycles. The Hall–Kier alpha value is -3.02. The molecule has 0 unspecified atom stereocenters. The number of rotatable bonds is 3. The third-order valence-electron chi connectivity index (χ3n) is 6.36. The number of carbonyl (C=O) groups excluding carboxylic acids is 2. The molecule has 0 aromatic carbocycles. The van der Waals surface area contributed by atoms with E-state index in [1.807, 2.05) is 41.8 Å². The molecule has 2 amide bonds. The number of pyridine rings is 1. The van der Waals surface area contributed by atoms with Gasteiger partial charge in [-0.25, -0.2) is 4.98 Å². The van der Waals surface area contributed by atoms with Crippen molar-refractivity contribution in [1.82, 2.24) is 19.7 Å². The first-order valence-electron chi connectivity index (χ1n) is 9.80. The van der Waals surface area contributed by atoms with Gasteiger partial charge in [0.2, 0.25) is 5.91 Å². The second-order valence-electron chi connectivity index (χ2n) is 8.20. The third-order valence-corrected chi connectivity index (χ3v) is 6.36. The molecular formula is C22H22N4O2. The molecule has 0 bridgehead atoms. The van der Waals surface area contributed by atoms with E-state index < -0.39 is 0 Å². The highest BCUT2D eigenvalue weighted by Gasteiger charge is 2.50. The van der Waals surface area contributed by atoms with Crippen molar-refractivity contribution in [2.45, 2.75) is 39.0 Å². The predicted octanol–water partition coefficient (Wildman–Crippen LogP) is 3.54. The minimum Gasteiger partial charge on any atom is -0.305 e. The van der Waals surface area contributed by atoms with Crippen LogP contribution in [0.15, 0.2) is 42.7 Å². The first-order chi connectivity index (χ1) is 13.5. The van der Waals surface area contributed by atoms with Gasteiger partial charge >= 0.3 is 0 Å². The van der Waals surface area contributed by atoms with Crippen molar-refractivity contribution >= 4 is 17.5 Å². The molecule has 142 valence electrons. The van der Waals surface area contributed by atoms with Gasteiger partial charge in [0, 0.05) is 24.0 Å². The highest BCUT2D eigenvalue weighted by atomic mass is 16.2. The summed E-state index contributed by atoms with van der Waals surface area (Å²) in [7, 11) is 0. The lowest BCUT2D eigenvalue weighted by atomic mass is 9.51. The molecule has 2 aliphatic carbocycles. The minimum absolute atomic E-state index is 0.0306. The summed E-state index contributed by atoms with van der Waals surface area (Å²) in [6.07, 6.45) is 9.10. The van der Waals surface area contributed by atoms with Crippen molar-refractivity contribution < 1.29 is 9.59 Å². The Balaban J connectivity index is 1.40. The molecule has 3 heterocycles. The number of imide groups is 1. The molecular weight excluding hydrogens is 352 g/mol. The number of nitrogens with zero attached hydrogens (tertiary/aromatic N) is 3. The van der Waals surface area contributed by atoms with E-state index in [4.69, 9.17) is 0 Å². The molecule has 5 rings (SSSR count). The normalized spacial score (nSPS) is 17.9. The number of hydrogen-bond donors (Lipinski definition) is 1. The fraction of sp³-hybridized carbons (Fsp3) is 0.364. The molecule has 3 aromatic rings. The molecule has 0 radical (unpaired) electrons. The maximum Gasteiger partial charge on any atom is 0.261 e. The quantitative estimate of drug-likeness (QED) is 0.712. The van der Waals surface area contributed by atoms with Crippen LogP contribution in [0.2, 0.25) is 0 Å². The van der Waals surface area contributed by atoms with Crippen molar-refractivity contribution in [2.24, 2.45) is 11.3 Å². The Kier molecular flexibility index (Phi) is 3.82. The lowest BCUT2D eigenvalue weighted by molar-refractivity contribution is -0.135. The predicted molar refractivity (Wildman–Crippen MR) is 105 cm³/mol. The summed E-state index contributed by atoms with van der Waals surface area (Å²) in [5, 5.41) is 2.59. The van der Waals surface area contributed by atoms with Gasteiger partial charge in [-0.05, 0) is 62.3 Å². The molecule has 1 spiro atoms. The molecule has 1 N–H and O–H groups in total. The number of carbonyl (C=O) groups is 2. The van der Waals surface area contributed by atoms with Crippen LogP contribution in [-0.4, -0.2) is 26.2 Å². The summed E-state index contributed by atoms with van der Waals surface area (Å²) in [6, 6.07) is 9.30. The Labute approximate surface area is 163 Å². The van der Waals surface area contributed by atoms with Gasteiger partial charge in [0.15, 0.2) is 5.65 Å². The van der Waals surface area contributed by atoms with Crippen molar-refractivity contribution in [3.63, 3.8) is 0 Å². The van der Waals surface area contributed by atoms with Gasteiger partial charge in [0.05, 0.1) is 17.0 Å². The Morgan fingerprint density at radius 2 is 2.00 bits per heavy atom. The number of fused-ring (bicyclic) bond motifs is 1. The minimum atomic E-state index is -0.382. The monoisotopic (exact) mass is 374 g/mol. The molecule has 28 heavy (non-hydrogen) atoms. The van der Waals surface area contributed by atoms with Crippen LogP contribution in [0.25, 0.3) is 17.0 Å². The number of nitrogens with one attached hydrogen (secondary N) is 1. The van der Waals surface area contributed by atoms with Crippen LogP contribution in [0.5, 0.6) is 0 Å². The molecule has 0 saturated heterocycles. The SMILES string of the molecule is Cc1cc(-c2ccccn2)nc2c(C(=O)NC(=O)C3CC4(CCC4)C3)ccn12. The third kappa shape index (κ3) is 2.71. The van der Waals surface area contributed by atoms with E-state index in [-0.39, 0.29) is 17.7 Å². The van der Waals surface area contributed by atoms with Crippen molar-refractivity contribution in [3.05, 3.63) is 54.0 Å². The van der Waals surface area contributed by atoms with Gasteiger partial charge < -0.3 is 4.40 Å². The first kappa shape index (κ1) is 17.1. The maximum absolute atomic E-state index is 12.8. The summed E-state index contributed by atoms with van der Waals surface area (Å²) < 4.78 is 1.86. The largest absolute Gasteiger partial charge is 0.305 e. The van der Waals surface area contributed by atoms with Crippen LogP contribution in [0.3, 0.4) is 0 Å². The number of aromatic nitrogens is 3. The smallest absolute Gasteiger partial charge is 0.261 e. The van der Waals surface area contributed by atoms with E-state index in [1.54, 1.807) is 12.3 Å². The van der Waals surface area contributed by atoms with Gasteiger partial charge in [-0.3, -0.25) is 19.9 Å². The topological polar surface area (TPSA) is 76.4 Å². The fourth-order valence-electron chi connectivity index (χ4n) is 4.60. The lowest BCUT2D eigenvalue weighted by Crippen LogP contribution is -2.49. The van der Waals surface area contributed by atoms with E-state index >= 15 is 0 Å². The number of aryl methyl sites for hydroxylation is 1. The molecule has 3 aromatic heterocycles. The van der Waals surface area contributed by atoms with Crippen molar-refractivity contribution in [3.8, 4) is 11.4 Å². The summed E-state index contributed by atoms with van der Waals surface area (Å²) >= 11 is 0. The zero-order chi connectivity index (χ0) is 19.3. The van der Waals surface area contributed by atoms with E-state index in [0.29, 0.717) is 22.3 Å². The van der Waals surface area contributed by atoms with E-state index in [9.17, 15) is 9.59 Å². The van der Waals surface area contributed by atoms with Crippen LogP contribution in [0.1, 0.15) is 48.2 Å². The molecule has 2 aliphatic rings. The second kappa shape index (κ2) is 6.26. The molecule has 6 nitrogen and oxygen atoms in total. The summed E-state index contributed by atoms with van der Waals surface area (Å²) in [6.45, 7) is 1.96. The molecule has 0 atom stereocenters. The van der Waals surface area contributed by atoms with Crippen LogP contribution >= 0.6 is 0 Å².